The van der Waals surface area contributed by atoms with Gasteiger partial charge in [0.15, 0.2) is 5.69 Å². The number of nitriles is 1. The van der Waals surface area contributed by atoms with Crippen LogP contribution in [0, 0.1) is 11.3 Å². The second-order valence-corrected chi connectivity index (χ2v) is 9.11. The van der Waals surface area contributed by atoms with E-state index in [1.54, 1.807) is 4.90 Å². The fourth-order valence-corrected chi connectivity index (χ4v) is 4.15. The molecule has 0 spiro atoms. The maximum atomic E-state index is 12.5. The number of imidazole rings is 1. The highest BCUT2D eigenvalue weighted by atomic mass is 16.6. The van der Waals surface area contributed by atoms with Crippen LogP contribution in [0.3, 0.4) is 0 Å². The first-order valence-electron chi connectivity index (χ1n) is 10.8. The number of amides is 1. The molecule has 3 heterocycles. The number of ether oxygens (including phenoxy) is 1. The highest BCUT2D eigenvalue weighted by molar-refractivity contribution is 5.68. The molecule has 0 aliphatic carbocycles. The molecule has 0 saturated carbocycles. The van der Waals surface area contributed by atoms with Gasteiger partial charge in [0.1, 0.15) is 23.3 Å². The lowest BCUT2D eigenvalue weighted by Gasteiger charge is -2.37. The zero-order valence-electron chi connectivity index (χ0n) is 18.5. The van der Waals surface area contributed by atoms with Crippen molar-refractivity contribution < 1.29 is 9.53 Å². The van der Waals surface area contributed by atoms with Crippen molar-refractivity contribution in [2.24, 2.45) is 0 Å². The summed E-state index contributed by atoms with van der Waals surface area (Å²) < 4.78 is 7.60. The predicted molar refractivity (Wildman–Crippen MR) is 118 cm³/mol. The zero-order valence-corrected chi connectivity index (χ0v) is 18.5. The molecule has 0 atom stereocenters. The Morgan fingerprint density at radius 1 is 1.10 bits per heavy atom. The van der Waals surface area contributed by atoms with E-state index in [-0.39, 0.29) is 6.09 Å². The number of fused-ring (bicyclic) bond motifs is 1. The molecule has 0 radical (unpaired) electrons. The van der Waals surface area contributed by atoms with Crippen molar-refractivity contribution in [3.8, 4) is 6.07 Å². The highest BCUT2D eigenvalue weighted by Gasteiger charge is 2.31. The van der Waals surface area contributed by atoms with Crippen molar-refractivity contribution in [3.05, 3.63) is 47.4 Å². The minimum atomic E-state index is -0.535. The van der Waals surface area contributed by atoms with E-state index in [4.69, 9.17) is 4.74 Å². The van der Waals surface area contributed by atoms with Gasteiger partial charge >= 0.3 is 6.09 Å². The Labute approximate surface area is 183 Å². The summed E-state index contributed by atoms with van der Waals surface area (Å²) in [6.45, 7) is 11.6. The van der Waals surface area contributed by atoms with E-state index >= 15 is 0 Å². The Kier molecular flexibility index (Phi) is 5.88. The number of benzene rings is 1. The van der Waals surface area contributed by atoms with Crippen LogP contribution in [-0.2, 0) is 24.4 Å². The van der Waals surface area contributed by atoms with Gasteiger partial charge in [-0.2, -0.15) is 5.26 Å². The number of aromatic nitrogens is 2. The Morgan fingerprint density at radius 2 is 1.81 bits per heavy atom. The first-order chi connectivity index (χ1) is 14.8. The van der Waals surface area contributed by atoms with E-state index in [0.29, 0.717) is 25.3 Å². The summed E-state index contributed by atoms with van der Waals surface area (Å²) in [5.41, 5.74) is 1.22. The largest absolute Gasteiger partial charge is 0.444 e. The van der Waals surface area contributed by atoms with E-state index in [2.05, 4.69) is 49.7 Å². The SMILES string of the molecule is CC(C)(C)OC(=O)N1CCn2c(nc(C#N)c2N2CCN(Cc3ccccc3)CC2)C1. The number of carbonyl (C=O) groups excluding carboxylic acids is 1. The highest BCUT2D eigenvalue weighted by Crippen LogP contribution is 2.27. The lowest BCUT2D eigenvalue weighted by Crippen LogP contribution is -2.47. The molecule has 4 rings (SSSR count). The zero-order chi connectivity index (χ0) is 22.0. The summed E-state index contributed by atoms with van der Waals surface area (Å²) in [5.74, 6) is 1.64. The number of carbonyl (C=O) groups is 1. The van der Waals surface area contributed by atoms with E-state index < -0.39 is 5.60 Å². The molecular weight excluding hydrogens is 392 g/mol. The normalized spacial score (nSPS) is 17.2. The summed E-state index contributed by atoms with van der Waals surface area (Å²) in [7, 11) is 0. The molecule has 1 aromatic heterocycles. The lowest BCUT2D eigenvalue weighted by atomic mass is 10.2. The van der Waals surface area contributed by atoms with E-state index in [1.165, 1.54) is 5.56 Å². The number of hydrogen-bond acceptors (Lipinski definition) is 6. The smallest absolute Gasteiger partial charge is 0.410 e. The molecule has 2 aliphatic heterocycles. The molecule has 1 amide bonds. The molecule has 1 aromatic carbocycles. The van der Waals surface area contributed by atoms with Crippen LogP contribution in [0.25, 0.3) is 0 Å². The second kappa shape index (κ2) is 8.60. The van der Waals surface area contributed by atoms with Gasteiger partial charge in [0.05, 0.1) is 6.54 Å². The second-order valence-electron chi connectivity index (χ2n) is 9.11. The molecule has 2 aromatic rings. The van der Waals surface area contributed by atoms with Crippen molar-refractivity contribution in [2.45, 2.75) is 46.0 Å². The van der Waals surface area contributed by atoms with Gasteiger partial charge in [-0.05, 0) is 26.3 Å². The fourth-order valence-electron chi connectivity index (χ4n) is 4.15. The number of anilines is 1. The van der Waals surface area contributed by atoms with Crippen molar-refractivity contribution in [1.82, 2.24) is 19.4 Å². The van der Waals surface area contributed by atoms with Crippen LogP contribution in [-0.4, -0.2) is 63.8 Å². The molecule has 8 heteroatoms. The number of rotatable bonds is 3. The van der Waals surface area contributed by atoms with Crippen molar-refractivity contribution >= 4 is 11.9 Å². The lowest BCUT2D eigenvalue weighted by molar-refractivity contribution is 0.0195. The predicted octanol–water partition coefficient (Wildman–Crippen LogP) is 2.83. The average molecular weight is 423 g/mol. The van der Waals surface area contributed by atoms with Gasteiger partial charge in [-0.1, -0.05) is 30.3 Å². The third kappa shape index (κ3) is 4.83. The monoisotopic (exact) mass is 422 g/mol. The Bertz CT molecular complexity index is 964. The van der Waals surface area contributed by atoms with E-state index in [0.717, 1.165) is 44.4 Å². The van der Waals surface area contributed by atoms with Crippen LogP contribution in [0.5, 0.6) is 0 Å². The average Bonchev–Trinajstić information content (AvgIpc) is 3.12. The number of piperazine rings is 1. The Balaban J connectivity index is 1.44. The number of hydrogen-bond donors (Lipinski definition) is 0. The maximum absolute atomic E-state index is 12.5. The van der Waals surface area contributed by atoms with Gasteiger partial charge in [-0.3, -0.25) is 9.80 Å². The van der Waals surface area contributed by atoms with Gasteiger partial charge in [-0.15, -0.1) is 0 Å². The maximum Gasteiger partial charge on any atom is 0.410 e. The molecule has 1 fully saturated rings. The van der Waals surface area contributed by atoms with E-state index in [1.807, 2.05) is 26.8 Å². The van der Waals surface area contributed by atoms with Crippen molar-refractivity contribution in [3.63, 3.8) is 0 Å². The molecule has 0 unspecified atom stereocenters. The molecule has 164 valence electrons. The Hall–Kier alpha value is -3.05. The van der Waals surface area contributed by atoms with Crippen LogP contribution in [0.2, 0.25) is 0 Å². The van der Waals surface area contributed by atoms with Crippen molar-refractivity contribution in [2.75, 3.05) is 37.6 Å². The molecule has 31 heavy (non-hydrogen) atoms. The van der Waals surface area contributed by atoms with Gasteiger partial charge < -0.3 is 14.2 Å². The van der Waals surface area contributed by atoms with Crippen LogP contribution in [0.4, 0.5) is 10.6 Å². The standard InChI is InChI=1S/C23H30N6O2/c1-23(2,3)31-22(30)28-13-14-29-20(17-28)25-19(15-24)21(29)27-11-9-26(10-12-27)16-18-7-5-4-6-8-18/h4-8H,9-14,16-17H2,1-3H3. The minimum Gasteiger partial charge on any atom is -0.444 e. The summed E-state index contributed by atoms with van der Waals surface area (Å²) >= 11 is 0. The van der Waals surface area contributed by atoms with Crippen LogP contribution in [0.1, 0.15) is 37.9 Å². The van der Waals surface area contributed by atoms with Crippen LogP contribution >= 0.6 is 0 Å². The third-order valence-electron chi connectivity index (χ3n) is 5.62. The van der Waals surface area contributed by atoms with Gasteiger partial charge in [0, 0.05) is 45.8 Å². The fraction of sp³-hybridized carbons (Fsp3) is 0.522. The Morgan fingerprint density at radius 3 is 2.45 bits per heavy atom. The van der Waals surface area contributed by atoms with Crippen molar-refractivity contribution in [1.29, 1.82) is 5.26 Å². The topological polar surface area (TPSA) is 77.6 Å². The van der Waals surface area contributed by atoms with Crippen LogP contribution in [0.15, 0.2) is 30.3 Å². The van der Waals surface area contributed by atoms with E-state index in [9.17, 15) is 10.1 Å². The molecular formula is C23H30N6O2. The quantitative estimate of drug-likeness (QED) is 0.757. The minimum absolute atomic E-state index is 0.337. The summed E-state index contributed by atoms with van der Waals surface area (Å²) in [6, 6.07) is 12.8. The third-order valence-corrected chi connectivity index (χ3v) is 5.62. The van der Waals surface area contributed by atoms with Crippen LogP contribution < -0.4 is 4.90 Å². The van der Waals surface area contributed by atoms with Gasteiger partial charge in [-0.25, -0.2) is 9.78 Å². The summed E-state index contributed by atoms with van der Waals surface area (Å²) in [5, 5.41) is 9.70. The summed E-state index contributed by atoms with van der Waals surface area (Å²) in [4.78, 5) is 23.4. The molecule has 8 nitrogen and oxygen atoms in total. The van der Waals surface area contributed by atoms with Gasteiger partial charge in [0.2, 0.25) is 0 Å². The molecule has 0 bridgehead atoms. The molecule has 2 aliphatic rings. The van der Waals surface area contributed by atoms with Gasteiger partial charge in [0.25, 0.3) is 0 Å². The summed E-state index contributed by atoms with van der Waals surface area (Å²) in [6.07, 6.45) is -0.337. The molecule has 1 saturated heterocycles. The first kappa shape index (κ1) is 21.2. The molecule has 0 N–H and O–H groups in total. The number of nitrogens with zero attached hydrogens (tertiary/aromatic N) is 6. The first-order valence-corrected chi connectivity index (χ1v) is 10.8.